The number of aromatic nitrogens is 2. The number of alkyl halides is 3. The molecule has 2 aliphatic heterocycles. The third-order valence-corrected chi connectivity index (χ3v) is 6.77. The van der Waals surface area contributed by atoms with Crippen LogP contribution in [0.1, 0.15) is 17.5 Å². The first-order valence-corrected chi connectivity index (χ1v) is 11.8. The van der Waals surface area contributed by atoms with E-state index < -0.39 is 38.7 Å². The number of carbonyl (C=O) groups excluding carboxylic acids is 1. The van der Waals surface area contributed by atoms with Gasteiger partial charge in [-0.05, 0) is 36.7 Å². The number of fused-ring (bicyclic) bond motifs is 1. The van der Waals surface area contributed by atoms with Crippen LogP contribution in [0.15, 0.2) is 24.4 Å². The molecule has 0 radical (unpaired) electrons. The number of carbonyl (C=O) groups is 1. The molecule has 32 heavy (non-hydrogen) atoms. The van der Waals surface area contributed by atoms with E-state index in [2.05, 4.69) is 31.2 Å². The molecular weight excluding hydrogens is 449 g/mol. The molecule has 2 aromatic rings. The number of benzene rings is 1. The van der Waals surface area contributed by atoms with Crippen LogP contribution >= 0.6 is 0 Å². The van der Waals surface area contributed by atoms with E-state index in [-0.39, 0.29) is 18.3 Å². The summed E-state index contributed by atoms with van der Waals surface area (Å²) in [6, 6.07) is 4.96. The summed E-state index contributed by atoms with van der Waals surface area (Å²) in [7, 11) is -3.73. The van der Waals surface area contributed by atoms with Gasteiger partial charge in [-0.2, -0.15) is 18.2 Å². The molecule has 0 saturated carbocycles. The van der Waals surface area contributed by atoms with Crippen molar-refractivity contribution < 1.29 is 26.4 Å². The van der Waals surface area contributed by atoms with Crippen LogP contribution in [0, 0.1) is 5.92 Å². The number of halogens is 3. The number of anilines is 4. The second kappa shape index (κ2) is 8.20. The van der Waals surface area contributed by atoms with Gasteiger partial charge in [-0.25, -0.2) is 13.4 Å². The third kappa shape index (κ3) is 4.78. The van der Waals surface area contributed by atoms with Crippen LogP contribution in [0.2, 0.25) is 0 Å². The van der Waals surface area contributed by atoms with Crippen molar-refractivity contribution >= 4 is 38.9 Å². The molecule has 1 amide bonds. The van der Waals surface area contributed by atoms with E-state index in [1.54, 1.807) is 18.2 Å². The number of amides is 1. The van der Waals surface area contributed by atoms with Crippen LogP contribution in [-0.4, -0.2) is 49.0 Å². The topological polar surface area (TPSA) is 125 Å². The lowest BCUT2D eigenvalue weighted by molar-refractivity contribution is -0.137. The highest BCUT2D eigenvalue weighted by atomic mass is 32.2. The predicted molar refractivity (Wildman–Crippen MR) is 112 cm³/mol. The van der Waals surface area contributed by atoms with Gasteiger partial charge in [-0.15, -0.1) is 0 Å². The number of rotatable bonds is 6. The summed E-state index contributed by atoms with van der Waals surface area (Å²) >= 11 is 0. The monoisotopic (exact) mass is 470 g/mol. The van der Waals surface area contributed by atoms with E-state index in [1.807, 2.05) is 0 Å². The van der Waals surface area contributed by atoms with Gasteiger partial charge in [0, 0.05) is 36.3 Å². The molecule has 1 fully saturated rings. The maximum atomic E-state index is 13.6. The van der Waals surface area contributed by atoms with Crippen molar-refractivity contribution in [3.05, 3.63) is 35.5 Å². The van der Waals surface area contributed by atoms with Crippen molar-refractivity contribution in [2.45, 2.75) is 24.4 Å². The summed E-state index contributed by atoms with van der Waals surface area (Å²) in [4.78, 5) is 19.2. The van der Waals surface area contributed by atoms with Gasteiger partial charge < -0.3 is 21.3 Å². The summed E-state index contributed by atoms with van der Waals surface area (Å²) in [6.45, 7) is 0.945. The van der Waals surface area contributed by atoms with Crippen LogP contribution in [-0.2, 0) is 27.2 Å². The Morgan fingerprint density at radius 2 is 2.06 bits per heavy atom. The largest absolute Gasteiger partial charge is 0.421 e. The summed E-state index contributed by atoms with van der Waals surface area (Å²) < 4.78 is 65.4. The van der Waals surface area contributed by atoms with Gasteiger partial charge in [0.1, 0.15) is 16.8 Å². The average molecular weight is 470 g/mol. The third-order valence-electron chi connectivity index (χ3n) is 5.35. The average Bonchev–Trinajstić information content (AvgIpc) is 3.32. The fourth-order valence-corrected chi connectivity index (χ4v) is 5.10. The smallest absolute Gasteiger partial charge is 0.353 e. The zero-order chi connectivity index (χ0) is 23.1. The van der Waals surface area contributed by atoms with Crippen molar-refractivity contribution in [2.75, 3.05) is 35.3 Å². The molecule has 3 heterocycles. The van der Waals surface area contributed by atoms with Gasteiger partial charge >= 0.3 is 6.18 Å². The normalized spacial score (nSPS) is 19.4. The Morgan fingerprint density at radius 1 is 1.28 bits per heavy atom. The van der Waals surface area contributed by atoms with Crippen LogP contribution in [0.5, 0.6) is 0 Å². The minimum Gasteiger partial charge on any atom is -0.353 e. The standard InChI is InChI=1S/C19H21F3N6O3S/c1-32(30,31)17(10-4-5-23-8-10)27-16-13(19(20,21)22)9-24-18(28-16)25-12-2-3-14-11(6-12)7-15(29)26-14/h2-3,6,9-10,17,23H,4-5,7-8H2,1H3,(H,26,29)(H2,24,25,27,28). The molecular formula is C19H21F3N6O3S. The van der Waals surface area contributed by atoms with Gasteiger partial charge in [0.25, 0.3) is 0 Å². The minimum absolute atomic E-state index is 0.144. The van der Waals surface area contributed by atoms with E-state index >= 15 is 0 Å². The summed E-state index contributed by atoms with van der Waals surface area (Å²) in [6.07, 6.45) is -2.49. The Kier molecular flexibility index (Phi) is 5.71. The minimum atomic E-state index is -4.78. The SMILES string of the molecule is CS(=O)(=O)C(Nc1nc(Nc2ccc3c(c2)CC(=O)N3)ncc1C(F)(F)F)C1CCNC1. The number of hydrogen-bond donors (Lipinski definition) is 4. The number of nitrogens with zero attached hydrogens (tertiary/aromatic N) is 2. The predicted octanol–water partition coefficient (Wildman–Crippen LogP) is 2.13. The molecule has 0 bridgehead atoms. The van der Waals surface area contributed by atoms with Crippen molar-refractivity contribution in [3.63, 3.8) is 0 Å². The van der Waals surface area contributed by atoms with E-state index in [0.29, 0.717) is 37.1 Å². The van der Waals surface area contributed by atoms with E-state index in [9.17, 15) is 26.4 Å². The fraction of sp³-hybridized carbons (Fsp3) is 0.421. The van der Waals surface area contributed by atoms with Crippen molar-refractivity contribution in [1.82, 2.24) is 15.3 Å². The fourth-order valence-electron chi connectivity index (χ4n) is 3.84. The van der Waals surface area contributed by atoms with Crippen molar-refractivity contribution in [3.8, 4) is 0 Å². The lowest BCUT2D eigenvalue weighted by atomic mass is 10.1. The van der Waals surface area contributed by atoms with Gasteiger partial charge in [0.05, 0.1) is 6.42 Å². The highest BCUT2D eigenvalue weighted by Gasteiger charge is 2.39. The van der Waals surface area contributed by atoms with E-state index in [4.69, 9.17) is 0 Å². The maximum Gasteiger partial charge on any atom is 0.421 e. The summed E-state index contributed by atoms with van der Waals surface area (Å²) in [5.41, 5.74) is 0.713. The number of sulfone groups is 1. The molecule has 1 aromatic carbocycles. The zero-order valence-corrected chi connectivity index (χ0v) is 17.8. The second-order valence-corrected chi connectivity index (χ2v) is 9.99. The Balaban J connectivity index is 1.65. The van der Waals surface area contributed by atoms with Gasteiger partial charge in [-0.1, -0.05) is 0 Å². The quantitative estimate of drug-likeness (QED) is 0.506. The second-order valence-electron chi connectivity index (χ2n) is 7.82. The summed E-state index contributed by atoms with van der Waals surface area (Å²) in [5, 5.41) is 9.81. The lowest BCUT2D eigenvalue weighted by Gasteiger charge is -2.25. The van der Waals surface area contributed by atoms with E-state index in [1.165, 1.54) is 0 Å². The number of nitrogens with one attached hydrogen (secondary N) is 4. The Labute approximate surface area is 182 Å². The van der Waals surface area contributed by atoms with E-state index in [0.717, 1.165) is 11.8 Å². The Morgan fingerprint density at radius 3 is 2.72 bits per heavy atom. The highest BCUT2D eigenvalue weighted by Crippen LogP contribution is 2.36. The molecule has 2 aliphatic rings. The molecule has 9 nitrogen and oxygen atoms in total. The molecule has 1 saturated heterocycles. The molecule has 1 aromatic heterocycles. The Bertz CT molecular complexity index is 1150. The van der Waals surface area contributed by atoms with Crippen LogP contribution in [0.25, 0.3) is 0 Å². The first-order valence-electron chi connectivity index (χ1n) is 9.81. The van der Waals surface area contributed by atoms with Gasteiger partial charge in [0.2, 0.25) is 11.9 Å². The molecule has 13 heteroatoms. The van der Waals surface area contributed by atoms with Crippen LogP contribution < -0.4 is 21.3 Å². The van der Waals surface area contributed by atoms with Crippen LogP contribution in [0.3, 0.4) is 0 Å². The molecule has 172 valence electrons. The molecule has 2 unspecified atom stereocenters. The molecule has 0 aliphatic carbocycles. The summed E-state index contributed by atoms with van der Waals surface area (Å²) in [5.74, 6) is -1.31. The zero-order valence-electron chi connectivity index (χ0n) is 17.0. The molecule has 0 spiro atoms. The first kappa shape index (κ1) is 22.3. The molecule has 2 atom stereocenters. The number of hydrogen-bond acceptors (Lipinski definition) is 8. The first-order chi connectivity index (χ1) is 15.0. The van der Waals surface area contributed by atoms with Crippen LogP contribution in [0.4, 0.5) is 36.3 Å². The van der Waals surface area contributed by atoms with Gasteiger partial charge in [0.15, 0.2) is 9.84 Å². The maximum absolute atomic E-state index is 13.6. The van der Waals surface area contributed by atoms with Crippen molar-refractivity contribution in [2.24, 2.45) is 5.92 Å². The van der Waals surface area contributed by atoms with Crippen molar-refractivity contribution in [1.29, 1.82) is 0 Å². The lowest BCUT2D eigenvalue weighted by Crippen LogP contribution is -2.38. The van der Waals surface area contributed by atoms with Gasteiger partial charge in [-0.3, -0.25) is 4.79 Å². The highest BCUT2D eigenvalue weighted by molar-refractivity contribution is 7.91. The Hall–Kier alpha value is -2.93. The molecule has 4 rings (SSSR count). The molecule has 4 N–H and O–H groups in total.